The van der Waals surface area contributed by atoms with Crippen molar-refractivity contribution >= 4 is 5.97 Å². The Kier molecular flexibility index (Phi) is 4.03. The monoisotopic (exact) mass is 325 g/mol. The van der Waals surface area contributed by atoms with E-state index in [9.17, 15) is 4.79 Å². The summed E-state index contributed by atoms with van der Waals surface area (Å²) in [6.07, 6.45) is 3.09. The fraction of sp³-hybridized carbons (Fsp3) is 0.909. The van der Waals surface area contributed by atoms with Gasteiger partial charge in [0.1, 0.15) is 0 Å². The highest BCUT2D eigenvalue weighted by molar-refractivity contribution is 5.77. The Morgan fingerprint density at radius 2 is 1.73 bits per heavy atom. The Bertz CT molecular complexity index is 230. The summed E-state index contributed by atoms with van der Waals surface area (Å²) in [5.41, 5.74) is -0.105. The summed E-state index contributed by atoms with van der Waals surface area (Å²) >= 11 is 0. The summed E-state index contributed by atoms with van der Waals surface area (Å²) in [6, 6.07) is 0. The van der Waals surface area contributed by atoms with Gasteiger partial charge in [0.15, 0.2) is 0 Å². The van der Waals surface area contributed by atoms with Gasteiger partial charge in [0.25, 0.3) is 0 Å². The van der Waals surface area contributed by atoms with E-state index in [1.807, 2.05) is 6.92 Å². The Labute approximate surface area is 109 Å². The van der Waals surface area contributed by atoms with Gasteiger partial charge in [-0.3, -0.25) is 4.79 Å². The molecule has 0 N–H and O–H groups in total. The molecule has 3 heterocycles. The van der Waals surface area contributed by atoms with Crippen LogP contribution >= 0.6 is 0 Å². The number of nitrogens with zero attached hydrogens (tertiary/aromatic N) is 1. The first kappa shape index (κ1) is 13.2. The van der Waals surface area contributed by atoms with Crippen LogP contribution in [0.2, 0.25) is 0 Å². The average molecular weight is 325 g/mol. The predicted molar refractivity (Wildman–Crippen MR) is 53.7 cm³/mol. The van der Waals surface area contributed by atoms with Crippen LogP contribution in [0, 0.1) is 5.41 Å². The number of hydrogen-bond donors (Lipinski definition) is 0. The number of quaternary nitrogens is 1. The third-order valence-electron chi connectivity index (χ3n) is 4.10. The summed E-state index contributed by atoms with van der Waals surface area (Å²) in [7, 11) is 2.30. The van der Waals surface area contributed by atoms with Gasteiger partial charge in [-0.1, -0.05) is 0 Å². The SMILES string of the molecule is CCOC(=O)C12CC[N+](C)(CC1)CC2.[I-]. The largest absolute Gasteiger partial charge is 1.00 e. The van der Waals surface area contributed by atoms with Gasteiger partial charge in [-0.15, -0.1) is 0 Å². The highest BCUT2D eigenvalue weighted by atomic mass is 127. The van der Waals surface area contributed by atoms with E-state index in [1.165, 1.54) is 4.48 Å². The van der Waals surface area contributed by atoms with Crippen LogP contribution in [0.5, 0.6) is 0 Å². The quantitative estimate of drug-likeness (QED) is 0.340. The molecule has 3 rings (SSSR count). The molecule has 2 bridgehead atoms. The van der Waals surface area contributed by atoms with E-state index >= 15 is 0 Å². The van der Waals surface area contributed by atoms with E-state index in [0.29, 0.717) is 6.61 Å². The van der Waals surface area contributed by atoms with E-state index in [0.717, 1.165) is 38.9 Å². The number of esters is 1. The molecule has 0 unspecified atom stereocenters. The molecular weight excluding hydrogens is 305 g/mol. The third kappa shape index (κ3) is 2.30. The van der Waals surface area contributed by atoms with Crippen LogP contribution in [0.1, 0.15) is 26.2 Å². The fourth-order valence-corrected chi connectivity index (χ4v) is 2.75. The molecular formula is C11H20INO2. The maximum atomic E-state index is 11.9. The molecule has 0 atom stereocenters. The predicted octanol–water partition coefficient (Wildman–Crippen LogP) is -1.82. The Hall–Kier alpha value is 0.160. The van der Waals surface area contributed by atoms with Crippen molar-refractivity contribution in [2.75, 3.05) is 33.3 Å². The number of hydrogen-bond acceptors (Lipinski definition) is 2. The summed E-state index contributed by atoms with van der Waals surface area (Å²) < 4.78 is 6.36. The van der Waals surface area contributed by atoms with Crippen molar-refractivity contribution in [1.29, 1.82) is 0 Å². The van der Waals surface area contributed by atoms with Gasteiger partial charge >= 0.3 is 5.97 Å². The molecule has 0 aromatic carbocycles. The first-order valence-corrected chi connectivity index (χ1v) is 5.61. The molecule has 0 spiro atoms. The Balaban J connectivity index is 0.00000112. The van der Waals surface area contributed by atoms with Gasteiger partial charge in [-0.2, -0.15) is 0 Å². The van der Waals surface area contributed by atoms with Crippen LogP contribution in [0.25, 0.3) is 0 Å². The molecule has 3 nitrogen and oxygen atoms in total. The second-order valence-electron chi connectivity index (χ2n) is 5.04. The average Bonchev–Trinajstić information content (AvgIpc) is 2.20. The van der Waals surface area contributed by atoms with Gasteiger partial charge in [0, 0.05) is 19.3 Å². The lowest BCUT2D eigenvalue weighted by atomic mass is 9.71. The maximum absolute atomic E-state index is 11.9. The van der Waals surface area contributed by atoms with Gasteiger partial charge in [-0.25, -0.2) is 0 Å². The van der Waals surface area contributed by atoms with Gasteiger partial charge in [-0.05, 0) is 6.92 Å². The van der Waals surface area contributed by atoms with Crippen molar-refractivity contribution in [3.05, 3.63) is 0 Å². The molecule has 88 valence electrons. The minimum absolute atomic E-state index is 0. The smallest absolute Gasteiger partial charge is 0.312 e. The van der Waals surface area contributed by atoms with E-state index in [2.05, 4.69) is 7.05 Å². The van der Waals surface area contributed by atoms with Gasteiger partial charge in [0.05, 0.1) is 38.7 Å². The second-order valence-corrected chi connectivity index (χ2v) is 5.04. The van der Waals surface area contributed by atoms with Crippen molar-refractivity contribution in [3.8, 4) is 0 Å². The van der Waals surface area contributed by atoms with E-state index in [4.69, 9.17) is 4.74 Å². The summed E-state index contributed by atoms with van der Waals surface area (Å²) in [5, 5.41) is 0. The highest BCUT2D eigenvalue weighted by Gasteiger charge is 2.52. The molecule has 3 aliphatic rings. The number of fused-ring (bicyclic) bond motifs is 3. The second kappa shape index (κ2) is 4.57. The molecule has 0 saturated carbocycles. The van der Waals surface area contributed by atoms with Crippen LogP contribution in [0.3, 0.4) is 0 Å². The van der Waals surface area contributed by atoms with Crippen molar-refractivity contribution in [2.24, 2.45) is 5.41 Å². The number of rotatable bonds is 2. The zero-order chi connectivity index (χ0) is 10.2. The molecule has 4 heteroatoms. The van der Waals surface area contributed by atoms with E-state index in [-0.39, 0.29) is 35.4 Å². The minimum atomic E-state index is -0.105. The number of carbonyl (C=O) groups excluding carboxylic acids is 1. The van der Waals surface area contributed by atoms with Gasteiger partial charge in [0.2, 0.25) is 0 Å². The zero-order valence-electron chi connectivity index (χ0n) is 9.59. The first-order chi connectivity index (χ1) is 6.60. The molecule has 0 amide bonds. The lowest BCUT2D eigenvalue weighted by Crippen LogP contribution is -3.00. The normalized spacial score (nSPS) is 38.3. The lowest BCUT2D eigenvalue weighted by Gasteiger charge is -2.51. The number of ether oxygens (including phenoxy) is 1. The summed E-state index contributed by atoms with van der Waals surface area (Å²) in [6.45, 7) is 5.86. The standard InChI is InChI=1S/C11H20NO2.HI/c1-3-14-10(13)11-4-7-12(2,8-5-11)9-6-11;/h3-9H2,1-2H3;1H/q+1;/p-1. The van der Waals surface area contributed by atoms with E-state index < -0.39 is 0 Å². The summed E-state index contributed by atoms with van der Waals surface area (Å²) in [4.78, 5) is 11.9. The first-order valence-electron chi connectivity index (χ1n) is 5.61. The topological polar surface area (TPSA) is 26.3 Å². The minimum Gasteiger partial charge on any atom is -1.00 e. The maximum Gasteiger partial charge on any atom is 0.312 e. The third-order valence-corrected chi connectivity index (χ3v) is 4.10. The van der Waals surface area contributed by atoms with Crippen molar-refractivity contribution in [1.82, 2.24) is 0 Å². The molecule has 0 aromatic heterocycles. The summed E-state index contributed by atoms with van der Waals surface area (Å²) in [5.74, 6) is 0.0611. The Morgan fingerprint density at radius 1 is 1.27 bits per heavy atom. The molecule has 0 aromatic rings. The molecule has 3 aliphatic heterocycles. The molecule has 3 saturated heterocycles. The molecule has 3 fully saturated rings. The highest BCUT2D eigenvalue weighted by Crippen LogP contribution is 2.43. The van der Waals surface area contributed by atoms with Crippen molar-refractivity contribution in [3.63, 3.8) is 0 Å². The number of carbonyl (C=O) groups is 1. The molecule has 0 radical (unpaired) electrons. The number of piperidine rings is 3. The number of halogens is 1. The van der Waals surface area contributed by atoms with Crippen LogP contribution in [0.15, 0.2) is 0 Å². The molecule has 15 heavy (non-hydrogen) atoms. The van der Waals surface area contributed by atoms with Crippen LogP contribution in [0.4, 0.5) is 0 Å². The van der Waals surface area contributed by atoms with Crippen molar-refractivity contribution in [2.45, 2.75) is 26.2 Å². The Morgan fingerprint density at radius 3 is 2.13 bits per heavy atom. The van der Waals surface area contributed by atoms with Crippen LogP contribution in [-0.2, 0) is 9.53 Å². The molecule has 0 aliphatic carbocycles. The van der Waals surface area contributed by atoms with Crippen molar-refractivity contribution < 1.29 is 38.0 Å². The van der Waals surface area contributed by atoms with Crippen LogP contribution < -0.4 is 24.0 Å². The van der Waals surface area contributed by atoms with Crippen LogP contribution in [-0.4, -0.2) is 43.7 Å². The fourth-order valence-electron chi connectivity index (χ4n) is 2.75. The lowest BCUT2D eigenvalue weighted by molar-refractivity contribution is -0.926. The van der Waals surface area contributed by atoms with E-state index in [1.54, 1.807) is 0 Å². The van der Waals surface area contributed by atoms with Gasteiger partial charge < -0.3 is 33.2 Å². The zero-order valence-corrected chi connectivity index (χ0v) is 11.7.